The molecule has 2 aromatic heterocycles. The second-order valence-electron chi connectivity index (χ2n) is 6.29. The van der Waals surface area contributed by atoms with Gasteiger partial charge in [0.1, 0.15) is 11.9 Å². The van der Waals surface area contributed by atoms with E-state index in [0.29, 0.717) is 21.8 Å². The van der Waals surface area contributed by atoms with Gasteiger partial charge < -0.3 is 9.30 Å². The van der Waals surface area contributed by atoms with Crippen LogP contribution < -0.4 is 15.6 Å². The van der Waals surface area contributed by atoms with Crippen molar-refractivity contribution in [1.82, 2.24) is 19.7 Å². The number of fused-ring (bicyclic) bond motifs is 1. The van der Waals surface area contributed by atoms with Crippen LogP contribution in [-0.2, 0) is 7.05 Å². The normalized spacial score (nSPS) is 11.9. The van der Waals surface area contributed by atoms with E-state index in [0.717, 1.165) is 0 Å². The van der Waals surface area contributed by atoms with Crippen molar-refractivity contribution in [3.05, 3.63) is 75.7 Å². The van der Waals surface area contributed by atoms with E-state index in [4.69, 9.17) is 4.74 Å². The summed E-state index contributed by atoms with van der Waals surface area (Å²) >= 11 is 1.18. The summed E-state index contributed by atoms with van der Waals surface area (Å²) in [5.41, 5.74) is 0.532. The Balaban J connectivity index is 1.53. The largest absolute Gasteiger partial charge is 0.483 e. The first-order valence-corrected chi connectivity index (χ1v) is 9.67. The fraction of sp³-hybridized carbons (Fsp3) is 0.150. The molecule has 0 radical (unpaired) electrons. The molecule has 0 fully saturated rings. The Hall–Kier alpha value is -3.59. The summed E-state index contributed by atoms with van der Waals surface area (Å²) in [5.74, 6) is 0.0836. The highest BCUT2D eigenvalue weighted by molar-refractivity contribution is 7.15. The molecule has 0 aliphatic heterocycles. The molecule has 2 heterocycles. The summed E-state index contributed by atoms with van der Waals surface area (Å²) in [6.07, 6.45) is -0.341. The van der Waals surface area contributed by atoms with Crippen LogP contribution in [0.3, 0.4) is 0 Å². The molecule has 1 amide bonds. The molecule has 0 saturated heterocycles. The van der Waals surface area contributed by atoms with E-state index >= 15 is 0 Å². The van der Waals surface area contributed by atoms with E-state index < -0.39 is 11.5 Å². The number of carbonyl (C=O) groups excluding carboxylic acids is 1. The lowest BCUT2D eigenvalue weighted by atomic mass is 10.2. The Labute approximate surface area is 169 Å². The lowest BCUT2D eigenvalue weighted by Gasteiger charge is -2.11. The molecule has 0 saturated carbocycles. The third-order valence-corrected chi connectivity index (χ3v) is 5.26. The summed E-state index contributed by atoms with van der Waals surface area (Å²) in [6.45, 7) is 1.85. The number of aromatic nitrogens is 4. The van der Waals surface area contributed by atoms with Gasteiger partial charge in [-0.25, -0.2) is 4.98 Å². The van der Waals surface area contributed by atoms with Crippen LogP contribution in [0.1, 0.15) is 28.5 Å². The molecule has 0 spiro atoms. The van der Waals surface area contributed by atoms with E-state index in [1.54, 1.807) is 25.2 Å². The molecule has 4 rings (SSSR count). The predicted octanol–water partition coefficient (Wildman–Crippen LogP) is 3.18. The fourth-order valence-corrected chi connectivity index (χ4v) is 3.51. The lowest BCUT2D eigenvalue weighted by molar-refractivity contribution is 0.102. The van der Waals surface area contributed by atoms with Gasteiger partial charge in [0.05, 0.1) is 11.0 Å². The molecular weight excluding hydrogens is 390 g/mol. The maximum atomic E-state index is 12.6. The summed E-state index contributed by atoms with van der Waals surface area (Å²) < 4.78 is 7.22. The molecule has 1 atom stereocenters. The van der Waals surface area contributed by atoms with E-state index in [1.807, 2.05) is 43.3 Å². The number of para-hydroxylation sites is 3. The van der Waals surface area contributed by atoms with Crippen LogP contribution in [-0.4, -0.2) is 25.7 Å². The number of carbonyl (C=O) groups is 1. The van der Waals surface area contributed by atoms with Crippen molar-refractivity contribution in [2.75, 3.05) is 5.32 Å². The Morgan fingerprint density at radius 2 is 1.83 bits per heavy atom. The second kappa shape index (κ2) is 7.80. The number of rotatable bonds is 5. The van der Waals surface area contributed by atoms with Crippen molar-refractivity contribution >= 4 is 33.4 Å². The van der Waals surface area contributed by atoms with Gasteiger partial charge in [0, 0.05) is 7.05 Å². The third-order valence-electron chi connectivity index (χ3n) is 4.26. The van der Waals surface area contributed by atoms with Crippen LogP contribution in [0.15, 0.2) is 59.4 Å². The van der Waals surface area contributed by atoms with Crippen molar-refractivity contribution in [3.63, 3.8) is 0 Å². The highest BCUT2D eigenvalue weighted by atomic mass is 32.1. The van der Waals surface area contributed by atoms with Crippen LogP contribution in [0, 0.1) is 0 Å². The molecule has 0 aliphatic carbocycles. The van der Waals surface area contributed by atoms with Gasteiger partial charge in [0.15, 0.2) is 10.7 Å². The zero-order chi connectivity index (χ0) is 20.4. The number of nitrogens with zero attached hydrogens (tertiary/aromatic N) is 4. The van der Waals surface area contributed by atoms with Crippen LogP contribution >= 0.6 is 11.3 Å². The van der Waals surface area contributed by atoms with E-state index in [-0.39, 0.29) is 16.9 Å². The molecule has 0 aliphatic rings. The van der Waals surface area contributed by atoms with Crippen molar-refractivity contribution in [2.45, 2.75) is 13.0 Å². The van der Waals surface area contributed by atoms with Crippen LogP contribution in [0.2, 0.25) is 0 Å². The van der Waals surface area contributed by atoms with Gasteiger partial charge >= 0.3 is 0 Å². The first kappa shape index (κ1) is 18.8. The van der Waals surface area contributed by atoms with Gasteiger partial charge in [-0.1, -0.05) is 41.7 Å². The average molecular weight is 407 g/mol. The minimum atomic E-state index is -0.629. The average Bonchev–Trinajstić information content (AvgIpc) is 3.20. The smallest absolute Gasteiger partial charge is 0.282 e. The molecule has 9 heteroatoms. The highest BCUT2D eigenvalue weighted by Crippen LogP contribution is 2.26. The summed E-state index contributed by atoms with van der Waals surface area (Å²) in [4.78, 5) is 29.4. The Kier molecular flexibility index (Phi) is 5.05. The summed E-state index contributed by atoms with van der Waals surface area (Å²) in [5, 5.41) is 11.5. The van der Waals surface area contributed by atoms with Crippen molar-refractivity contribution in [2.24, 2.45) is 7.05 Å². The van der Waals surface area contributed by atoms with Crippen LogP contribution in [0.25, 0.3) is 11.0 Å². The van der Waals surface area contributed by atoms with Gasteiger partial charge in [0.25, 0.3) is 11.5 Å². The quantitative estimate of drug-likeness (QED) is 0.546. The van der Waals surface area contributed by atoms with Crippen molar-refractivity contribution < 1.29 is 9.53 Å². The zero-order valence-electron chi connectivity index (χ0n) is 15.7. The minimum absolute atomic E-state index is 0.198. The molecule has 2 aromatic carbocycles. The lowest BCUT2D eigenvalue weighted by Crippen LogP contribution is -2.29. The maximum Gasteiger partial charge on any atom is 0.282 e. The molecule has 1 N–H and O–H groups in total. The first-order valence-electron chi connectivity index (χ1n) is 8.85. The molecule has 8 nitrogen and oxygen atoms in total. The van der Waals surface area contributed by atoms with Gasteiger partial charge in [-0.3, -0.25) is 14.9 Å². The number of benzene rings is 2. The minimum Gasteiger partial charge on any atom is -0.483 e. The molecule has 0 bridgehead atoms. The van der Waals surface area contributed by atoms with Crippen LogP contribution in [0.4, 0.5) is 5.13 Å². The molecular formula is C20H17N5O3S. The number of amides is 1. The van der Waals surface area contributed by atoms with Crippen LogP contribution in [0.5, 0.6) is 5.75 Å². The molecule has 1 unspecified atom stereocenters. The van der Waals surface area contributed by atoms with Gasteiger partial charge in [-0.15, -0.1) is 10.2 Å². The highest BCUT2D eigenvalue weighted by Gasteiger charge is 2.19. The molecule has 29 heavy (non-hydrogen) atoms. The Morgan fingerprint density at radius 1 is 1.10 bits per heavy atom. The molecule has 4 aromatic rings. The van der Waals surface area contributed by atoms with E-state index in [1.165, 1.54) is 15.9 Å². The van der Waals surface area contributed by atoms with Crippen molar-refractivity contribution in [3.8, 4) is 5.75 Å². The van der Waals surface area contributed by atoms with E-state index in [9.17, 15) is 9.59 Å². The number of aryl methyl sites for hydroxylation is 1. The van der Waals surface area contributed by atoms with Gasteiger partial charge in [-0.2, -0.15) is 0 Å². The topological polar surface area (TPSA) is 99.0 Å². The van der Waals surface area contributed by atoms with Gasteiger partial charge in [-0.05, 0) is 31.2 Å². The fourth-order valence-electron chi connectivity index (χ4n) is 2.79. The Bertz CT molecular complexity index is 1240. The number of hydrogen-bond acceptors (Lipinski definition) is 7. The van der Waals surface area contributed by atoms with Crippen molar-refractivity contribution in [1.29, 1.82) is 0 Å². The number of hydrogen-bond donors (Lipinski definition) is 1. The second-order valence-corrected chi connectivity index (χ2v) is 7.30. The Morgan fingerprint density at radius 3 is 2.62 bits per heavy atom. The third kappa shape index (κ3) is 3.85. The zero-order valence-corrected chi connectivity index (χ0v) is 16.5. The standard InChI is InChI=1S/C20H17N5O3S/c1-12(28-13-8-4-3-5-9-13)18-23-24-20(29-18)22-17(26)16-19(27)25(2)15-11-7-6-10-14(15)21-16/h3-12H,1-2H3,(H,22,24,26). The maximum absolute atomic E-state index is 12.6. The number of ether oxygens (including phenoxy) is 1. The SMILES string of the molecule is CC(Oc1ccccc1)c1nnc(NC(=O)c2nc3ccccc3n(C)c2=O)s1. The van der Waals surface area contributed by atoms with Gasteiger partial charge in [0.2, 0.25) is 5.13 Å². The number of anilines is 1. The predicted molar refractivity (Wildman–Crippen MR) is 110 cm³/mol. The summed E-state index contributed by atoms with van der Waals surface area (Å²) in [7, 11) is 1.61. The first-order chi connectivity index (χ1) is 14.0. The monoisotopic (exact) mass is 407 g/mol. The molecule has 146 valence electrons. The number of nitrogens with one attached hydrogen (secondary N) is 1. The summed E-state index contributed by atoms with van der Waals surface area (Å²) in [6, 6.07) is 16.5. The van der Waals surface area contributed by atoms with E-state index in [2.05, 4.69) is 20.5 Å².